The minimum atomic E-state index is -0.322. The van der Waals surface area contributed by atoms with E-state index in [2.05, 4.69) is 50.3 Å². The normalized spacial score (nSPS) is 14.6. The number of amides is 1. The monoisotopic (exact) mass is 513 g/mol. The molecule has 0 unspecified atom stereocenters. The fraction of sp³-hybridized carbons (Fsp3) is 0.300. The third-order valence-electron chi connectivity index (χ3n) is 4.47. The molecule has 2 aromatic rings. The van der Waals surface area contributed by atoms with E-state index in [4.69, 9.17) is 23.8 Å². The maximum Gasteiger partial charge on any atom is 0.258 e. The predicted octanol–water partition coefficient (Wildman–Crippen LogP) is 5.06. The van der Waals surface area contributed by atoms with Gasteiger partial charge in [0.25, 0.3) is 5.91 Å². The molecule has 0 aliphatic carbocycles. The first-order valence-corrected chi connectivity index (χ1v) is 10.8. The summed E-state index contributed by atoms with van der Waals surface area (Å²) in [6, 6.07) is 13.4. The van der Waals surface area contributed by atoms with Crippen LogP contribution in [0, 0.1) is 3.57 Å². The van der Waals surface area contributed by atoms with Crippen LogP contribution in [0.5, 0.6) is 0 Å². The van der Waals surface area contributed by atoms with Crippen molar-refractivity contribution in [2.75, 3.05) is 18.4 Å². The van der Waals surface area contributed by atoms with Gasteiger partial charge in [-0.05, 0) is 96.6 Å². The zero-order valence-corrected chi connectivity index (χ0v) is 18.5. The number of piperidine rings is 1. The molecule has 1 heterocycles. The standard InChI is InChI=1S/C20H21ClIN3OS/c21-18-9-6-15(22)12-17(18)19(26)24-20(27)23-16-7-4-14(5-8-16)13-25-10-2-1-3-11-25/h4-9,12H,1-3,10-11,13H2,(H2,23,24,26,27). The number of carbonyl (C=O) groups is 1. The number of hydrogen-bond acceptors (Lipinski definition) is 3. The molecule has 2 aromatic carbocycles. The quantitative estimate of drug-likeness (QED) is 0.443. The average Bonchev–Trinajstić information content (AvgIpc) is 2.66. The Balaban J connectivity index is 1.54. The third-order valence-corrected chi connectivity index (χ3v) is 5.67. The van der Waals surface area contributed by atoms with Gasteiger partial charge in [0, 0.05) is 15.8 Å². The van der Waals surface area contributed by atoms with Crippen LogP contribution in [0.3, 0.4) is 0 Å². The Morgan fingerprint density at radius 1 is 1.11 bits per heavy atom. The van der Waals surface area contributed by atoms with Crippen LogP contribution in [0.4, 0.5) is 5.69 Å². The molecule has 4 nitrogen and oxygen atoms in total. The Bertz CT molecular complexity index is 822. The number of nitrogens with zero attached hydrogens (tertiary/aromatic N) is 1. The summed E-state index contributed by atoms with van der Waals surface area (Å²) in [7, 11) is 0. The van der Waals surface area contributed by atoms with Crippen molar-refractivity contribution in [3.63, 3.8) is 0 Å². The molecule has 1 saturated heterocycles. The molecular formula is C20H21ClIN3OS. The maximum absolute atomic E-state index is 12.4. The van der Waals surface area contributed by atoms with Gasteiger partial charge in [-0.2, -0.15) is 0 Å². The van der Waals surface area contributed by atoms with Crippen LogP contribution in [0.1, 0.15) is 35.2 Å². The Morgan fingerprint density at radius 2 is 1.81 bits per heavy atom. The van der Waals surface area contributed by atoms with Crippen molar-refractivity contribution >= 4 is 63.1 Å². The van der Waals surface area contributed by atoms with Crippen molar-refractivity contribution in [1.82, 2.24) is 10.2 Å². The highest BCUT2D eigenvalue weighted by Crippen LogP contribution is 2.19. The number of thiocarbonyl (C=S) groups is 1. The molecule has 0 radical (unpaired) electrons. The second-order valence-corrected chi connectivity index (χ2v) is 8.63. The summed E-state index contributed by atoms with van der Waals surface area (Å²) >= 11 is 13.5. The van der Waals surface area contributed by atoms with Gasteiger partial charge in [-0.1, -0.05) is 30.2 Å². The first-order chi connectivity index (χ1) is 13.0. The molecular weight excluding hydrogens is 493 g/mol. The third kappa shape index (κ3) is 6.14. The molecule has 142 valence electrons. The minimum absolute atomic E-state index is 0.249. The maximum atomic E-state index is 12.4. The van der Waals surface area contributed by atoms with Crippen molar-refractivity contribution < 1.29 is 4.79 Å². The van der Waals surface area contributed by atoms with E-state index >= 15 is 0 Å². The zero-order valence-electron chi connectivity index (χ0n) is 14.8. The topological polar surface area (TPSA) is 44.4 Å². The van der Waals surface area contributed by atoms with Gasteiger partial charge in [-0.25, -0.2) is 0 Å². The molecule has 3 rings (SSSR count). The summed E-state index contributed by atoms with van der Waals surface area (Å²) in [6.07, 6.45) is 3.92. The molecule has 0 saturated carbocycles. The summed E-state index contributed by atoms with van der Waals surface area (Å²) in [5, 5.41) is 6.38. The largest absolute Gasteiger partial charge is 0.332 e. The number of rotatable bonds is 4. The predicted molar refractivity (Wildman–Crippen MR) is 123 cm³/mol. The molecule has 27 heavy (non-hydrogen) atoms. The molecule has 0 bridgehead atoms. The van der Waals surface area contributed by atoms with Crippen molar-refractivity contribution in [2.24, 2.45) is 0 Å². The lowest BCUT2D eigenvalue weighted by atomic mass is 10.1. The first kappa shape index (κ1) is 20.5. The number of anilines is 1. The lowest BCUT2D eigenvalue weighted by Gasteiger charge is -2.26. The molecule has 7 heteroatoms. The molecule has 1 aliphatic heterocycles. The van der Waals surface area contributed by atoms with Crippen molar-refractivity contribution in [1.29, 1.82) is 0 Å². The van der Waals surface area contributed by atoms with E-state index in [-0.39, 0.29) is 11.0 Å². The van der Waals surface area contributed by atoms with E-state index in [1.54, 1.807) is 12.1 Å². The molecule has 1 fully saturated rings. The van der Waals surface area contributed by atoms with Crippen molar-refractivity contribution in [3.05, 3.63) is 62.2 Å². The van der Waals surface area contributed by atoms with Gasteiger partial charge >= 0.3 is 0 Å². The lowest BCUT2D eigenvalue weighted by molar-refractivity contribution is 0.0978. The highest BCUT2D eigenvalue weighted by molar-refractivity contribution is 14.1. The second kappa shape index (κ2) is 9.82. The number of hydrogen-bond donors (Lipinski definition) is 2. The fourth-order valence-corrected chi connectivity index (χ4v) is 3.98. The average molecular weight is 514 g/mol. The molecule has 0 atom stereocenters. The summed E-state index contributed by atoms with van der Waals surface area (Å²) in [6.45, 7) is 3.33. The van der Waals surface area contributed by atoms with Crippen molar-refractivity contribution in [3.8, 4) is 0 Å². The van der Waals surface area contributed by atoms with Crippen LogP contribution in [-0.2, 0) is 6.54 Å². The fourth-order valence-electron chi connectivity index (χ4n) is 3.07. The highest BCUT2D eigenvalue weighted by Gasteiger charge is 2.13. The van der Waals surface area contributed by atoms with Crippen molar-refractivity contribution in [2.45, 2.75) is 25.8 Å². The Morgan fingerprint density at radius 3 is 2.52 bits per heavy atom. The minimum Gasteiger partial charge on any atom is -0.332 e. The Hall–Kier alpha value is -1.22. The lowest BCUT2D eigenvalue weighted by Crippen LogP contribution is -2.34. The zero-order chi connectivity index (χ0) is 19.2. The van der Waals surface area contributed by atoms with Crippen LogP contribution in [0.25, 0.3) is 0 Å². The molecule has 0 spiro atoms. The molecule has 2 N–H and O–H groups in total. The van der Waals surface area contributed by atoms with Gasteiger partial charge in [0.15, 0.2) is 5.11 Å². The smallest absolute Gasteiger partial charge is 0.258 e. The van der Waals surface area contributed by atoms with Gasteiger partial charge in [0.1, 0.15) is 0 Å². The van der Waals surface area contributed by atoms with Gasteiger partial charge in [0.2, 0.25) is 0 Å². The molecule has 1 aliphatic rings. The number of carbonyl (C=O) groups excluding carboxylic acids is 1. The van der Waals surface area contributed by atoms with Crippen LogP contribution < -0.4 is 10.6 Å². The van der Waals surface area contributed by atoms with Crippen LogP contribution >= 0.6 is 46.4 Å². The highest BCUT2D eigenvalue weighted by atomic mass is 127. The van der Waals surface area contributed by atoms with Gasteiger partial charge in [0.05, 0.1) is 10.6 Å². The first-order valence-electron chi connectivity index (χ1n) is 8.90. The molecule has 1 amide bonds. The van der Waals surface area contributed by atoms with Gasteiger partial charge in [-0.3, -0.25) is 15.0 Å². The number of likely N-dealkylation sites (tertiary alicyclic amines) is 1. The second-order valence-electron chi connectivity index (χ2n) is 6.57. The van der Waals surface area contributed by atoms with E-state index in [9.17, 15) is 4.79 Å². The van der Waals surface area contributed by atoms with E-state index in [0.717, 1.165) is 15.8 Å². The Kier molecular flexibility index (Phi) is 7.46. The SMILES string of the molecule is O=C(NC(=S)Nc1ccc(CN2CCCCC2)cc1)c1cc(I)ccc1Cl. The summed E-state index contributed by atoms with van der Waals surface area (Å²) in [5.74, 6) is -0.322. The molecule has 0 aromatic heterocycles. The van der Waals surface area contributed by atoms with E-state index in [1.165, 1.54) is 37.9 Å². The van der Waals surface area contributed by atoms with Gasteiger partial charge < -0.3 is 5.32 Å². The number of nitrogens with one attached hydrogen (secondary N) is 2. The number of benzene rings is 2. The van der Waals surface area contributed by atoms with Crippen LogP contribution in [0.15, 0.2) is 42.5 Å². The van der Waals surface area contributed by atoms with E-state index in [0.29, 0.717) is 10.6 Å². The van der Waals surface area contributed by atoms with E-state index in [1.807, 2.05) is 18.2 Å². The van der Waals surface area contributed by atoms with Gasteiger partial charge in [-0.15, -0.1) is 0 Å². The van der Waals surface area contributed by atoms with E-state index < -0.39 is 0 Å². The summed E-state index contributed by atoms with van der Waals surface area (Å²) in [5.41, 5.74) is 2.53. The number of halogens is 2. The summed E-state index contributed by atoms with van der Waals surface area (Å²) < 4.78 is 0.935. The van der Waals surface area contributed by atoms with Crippen LogP contribution in [-0.4, -0.2) is 29.0 Å². The Labute approximate surface area is 183 Å². The summed E-state index contributed by atoms with van der Waals surface area (Å²) in [4.78, 5) is 14.8. The van der Waals surface area contributed by atoms with Crippen LogP contribution in [0.2, 0.25) is 5.02 Å².